The summed E-state index contributed by atoms with van der Waals surface area (Å²) >= 11 is 0. The zero-order valence-electron chi connectivity index (χ0n) is 10.1. The van der Waals surface area contributed by atoms with Gasteiger partial charge in [-0.2, -0.15) is 13.1 Å². The smallest absolute Gasteiger partial charge is 0.294 e. The molecule has 0 aromatic heterocycles. The van der Waals surface area contributed by atoms with Gasteiger partial charge in [-0.3, -0.25) is 9.52 Å². The second-order valence-electron chi connectivity index (χ2n) is 4.32. The lowest BCUT2D eigenvalue weighted by Crippen LogP contribution is -2.29. The molecule has 0 bridgehead atoms. The molecule has 2 rings (SSSR count). The van der Waals surface area contributed by atoms with Gasteiger partial charge in [0.05, 0.1) is 0 Å². The molecule has 0 amide bonds. The standard InChI is InChI=1S/C12H16N2O3S/c1-2-13-18(16,17)14-11-7-5-10(6-8-11)12(15)9-3-4-9/h5-9,13-14H,2-4H2,1H3. The van der Waals surface area contributed by atoms with Crippen LogP contribution in [0.25, 0.3) is 0 Å². The molecule has 98 valence electrons. The lowest BCUT2D eigenvalue weighted by Gasteiger charge is -2.08. The molecule has 1 aliphatic carbocycles. The Morgan fingerprint density at radius 1 is 1.28 bits per heavy atom. The molecule has 0 saturated heterocycles. The van der Waals surface area contributed by atoms with Crippen LogP contribution in [0.2, 0.25) is 0 Å². The summed E-state index contributed by atoms with van der Waals surface area (Å²) in [5, 5.41) is 0. The highest BCUT2D eigenvalue weighted by molar-refractivity contribution is 7.90. The third kappa shape index (κ3) is 3.30. The number of rotatable bonds is 6. The summed E-state index contributed by atoms with van der Waals surface area (Å²) in [7, 11) is -3.51. The van der Waals surface area contributed by atoms with E-state index in [2.05, 4.69) is 9.44 Å². The largest absolute Gasteiger partial charge is 0.299 e. The molecule has 1 fully saturated rings. The molecular formula is C12H16N2O3S. The molecule has 2 N–H and O–H groups in total. The van der Waals surface area contributed by atoms with E-state index in [0.29, 0.717) is 17.8 Å². The highest BCUT2D eigenvalue weighted by atomic mass is 32.2. The molecule has 5 nitrogen and oxygen atoms in total. The molecule has 0 heterocycles. The first-order valence-electron chi connectivity index (χ1n) is 5.93. The van der Waals surface area contributed by atoms with Gasteiger partial charge in [0, 0.05) is 23.7 Å². The van der Waals surface area contributed by atoms with Gasteiger partial charge in [0.1, 0.15) is 0 Å². The fourth-order valence-corrected chi connectivity index (χ4v) is 2.56. The van der Waals surface area contributed by atoms with Crippen molar-refractivity contribution in [3.05, 3.63) is 29.8 Å². The number of ketones is 1. The van der Waals surface area contributed by atoms with Crippen molar-refractivity contribution < 1.29 is 13.2 Å². The quantitative estimate of drug-likeness (QED) is 0.768. The molecule has 6 heteroatoms. The summed E-state index contributed by atoms with van der Waals surface area (Å²) in [6.45, 7) is 2.03. The second kappa shape index (κ2) is 5.07. The van der Waals surface area contributed by atoms with Crippen molar-refractivity contribution in [1.82, 2.24) is 4.72 Å². The zero-order valence-corrected chi connectivity index (χ0v) is 11.0. The minimum Gasteiger partial charge on any atom is -0.294 e. The zero-order chi connectivity index (χ0) is 13.2. The predicted octanol–water partition coefficient (Wildman–Crippen LogP) is 1.55. The van der Waals surface area contributed by atoms with Crippen LogP contribution < -0.4 is 9.44 Å². The average Bonchev–Trinajstić information content (AvgIpc) is 3.12. The molecule has 18 heavy (non-hydrogen) atoms. The van der Waals surface area contributed by atoms with E-state index in [1.54, 1.807) is 31.2 Å². The van der Waals surface area contributed by atoms with E-state index in [-0.39, 0.29) is 11.7 Å². The van der Waals surface area contributed by atoms with Gasteiger partial charge in [0.25, 0.3) is 10.2 Å². The predicted molar refractivity (Wildman–Crippen MR) is 69.7 cm³/mol. The van der Waals surface area contributed by atoms with Gasteiger partial charge in [-0.25, -0.2) is 0 Å². The summed E-state index contributed by atoms with van der Waals surface area (Å²) < 4.78 is 27.6. The number of anilines is 1. The summed E-state index contributed by atoms with van der Waals surface area (Å²) in [5.41, 5.74) is 1.09. The van der Waals surface area contributed by atoms with E-state index >= 15 is 0 Å². The maximum absolute atomic E-state index is 11.8. The molecule has 1 aliphatic rings. The molecule has 0 unspecified atom stereocenters. The van der Waals surface area contributed by atoms with Gasteiger partial charge in [0.15, 0.2) is 5.78 Å². The van der Waals surface area contributed by atoms with E-state index in [4.69, 9.17) is 0 Å². The van der Waals surface area contributed by atoms with Crippen LogP contribution in [0.5, 0.6) is 0 Å². The molecule has 1 aromatic carbocycles. The van der Waals surface area contributed by atoms with Crippen LogP contribution in [-0.2, 0) is 10.2 Å². The normalized spacial score (nSPS) is 15.4. The van der Waals surface area contributed by atoms with Gasteiger partial charge >= 0.3 is 0 Å². The van der Waals surface area contributed by atoms with E-state index in [0.717, 1.165) is 12.8 Å². The highest BCUT2D eigenvalue weighted by Gasteiger charge is 2.30. The Morgan fingerprint density at radius 3 is 2.39 bits per heavy atom. The molecule has 0 aliphatic heterocycles. The van der Waals surface area contributed by atoms with Crippen LogP contribution in [0.15, 0.2) is 24.3 Å². The Labute approximate surface area is 107 Å². The molecular weight excluding hydrogens is 252 g/mol. The van der Waals surface area contributed by atoms with Gasteiger partial charge in [-0.1, -0.05) is 6.92 Å². The van der Waals surface area contributed by atoms with Gasteiger partial charge in [0.2, 0.25) is 0 Å². The van der Waals surface area contributed by atoms with Gasteiger partial charge in [-0.15, -0.1) is 0 Å². The summed E-state index contributed by atoms with van der Waals surface area (Å²) in [5.74, 6) is 0.324. The Hall–Kier alpha value is -1.40. The third-order valence-corrected chi connectivity index (χ3v) is 3.88. The van der Waals surface area contributed by atoms with Crippen LogP contribution in [0.1, 0.15) is 30.1 Å². The summed E-state index contributed by atoms with van der Waals surface area (Å²) in [6, 6.07) is 6.52. The Balaban J connectivity index is 2.05. The van der Waals surface area contributed by atoms with E-state index in [1.807, 2.05) is 0 Å². The maximum atomic E-state index is 11.8. The Morgan fingerprint density at radius 2 is 1.89 bits per heavy atom. The Bertz CT molecular complexity index is 533. The van der Waals surface area contributed by atoms with E-state index < -0.39 is 10.2 Å². The van der Waals surface area contributed by atoms with Crippen molar-refractivity contribution in [3.8, 4) is 0 Å². The molecule has 1 aromatic rings. The number of Topliss-reactive ketones (excluding diaryl/α,β-unsaturated/α-hetero) is 1. The first kappa shape index (κ1) is 13.0. The lowest BCUT2D eigenvalue weighted by atomic mass is 10.1. The SMILES string of the molecule is CCNS(=O)(=O)Nc1ccc(C(=O)C2CC2)cc1. The fourth-order valence-electron chi connectivity index (χ4n) is 1.67. The number of nitrogens with one attached hydrogen (secondary N) is 2. The van der Waals surface area contributed by atoms with Crippen LogP contribution in [0.3, 0.4) is 0 Å². The van der Waals surface area contributed by atoms with E-state index in [9.17, 15) is 13.2 Å². The molecule has 0 spiro atoms. The maximum Gasteiger partial charge on any atom is 0.299 e. The number of benzene rings is 1. The number of carbonyl (C=O) groups is 1. The first-order chi connectivity index (χ1) is 8.52. The van der Waals surface area contributed by atoms with Crippen molar-refractivity contribution in [2.45, 2.75) is 19.8 Å². The van der Waals surface area contributed by atoms with Crippen LogP contribution in [0, 0.1) is 5.92 Å². The minimum atomic E-state index is -3.51. The van der Waals surface area contributed by atoms with Gasteiger partial charge < -0.3 is 0 Å². The average molecular weight is 268 g/mol. The first-order valence-corrected chi connectivity index (χ1v) is 7.42. The molecule has 0 radical (unpaired) electrons. The van der Waals surface area contributed by atoms with Crippen LogP contribution >= 0.6 is 0 Å². The monoisotopic (exact) mass is 268 g/mol. The summed E-state index contributed by atoms with van der Waals surface area (Å²) in [4.78, 5) is 11.8. The van der Waals surface area contributed by atoms with Crippen molar-refractivity contribution >= 4 is 21.7 Å². The number of hydrogen-bond donors (Lipinski definition) is 2. The van der Waals surface area contributed by atoms with Crippen molar-refractivity contribution in [3.63, 3.8) is 0 Å². The minimum absolute atomic E-state index is 0.149. The Kier molecular flexibility index (Phi) is 3.68. The fraction of sp³-hybridized carbons (Fsp3) is 0.417. The summed E-state index contributed by atoms with van der Waals surface area (Å²) in [6.07, 6.45) is 1.93. The van der Waals surface area contributed by atoms with Gasteiger partial charge in [-0.05, 0) is 37.1 Å². The van der Waals surface area contributed by atoms with Crippen LogP contribution in [-0.4, -0.2) is 20.7 Å². The lowest BCUT2D eigenvalue weighted by molar-refractivity contribution is 0.0967. The number of hydrogen-bond acceptors (Lipinski definition) is 3. The van der Waals surface area contributed by atoms with Crippen molar-refractivity contribution in [2.24, 2.45) is 5.92 Å². The van der Waals surface area contributed by atoms with E-state index in [1.165, 1.54) is 0 Å². The molecule has 1 saturated carbocycles. The topological polar surface area (TPSA) is 75.3 Å². The molecule has 0 atom stereocenters. The van der Waals surface area contributed by atoms with Crippen molar-refractivity contribution in [2.75, 3.05) is 11.3 Å². The number of carbonyl (C=O) groups excluding carboxylic acids is 1. The highest BCUT2D eigenvalue weighted by Crippen LogP contribution is 2.32. The second-order valence-corrected chi connectivity index (χ2v) is 5.82. The third-order valence-electron chi connectivity index (χ3n) is 2.70. The van der Waals surface area contributed by atoms with Crippen LogP contribution in [0.4, 0.5) is 5.69 Å². The van der Waals surface area contributed by atoms with Crippen molar-refractivity contribution in [1.29, 1.82) is 0 Å².